The van der Waals surface area contributed by atoms with Crippen LogP contribution in [-0.4, -0.2) is 28.6 Å². The number of nitrogens with zero attached hydrogens (tertiary/aromatic N) is 2. The Hall–Kier alpha value is -1.29. The molecule has 98 valence electrons. The minimum atomic E-state index is -1.08. The van der Waals surface area contributed by atoms with E-state index >= 15 is 0 Å². The lowest BCUT2D eigenvalue weighted by Crippen LogP contribution is -2.34. The van der Waals surface area contributed by atoms with Crippen molar-refractivity contribution >= 4 is 23.4 Å². The van der Waals surface area contributed by atoms with Crippen molar-refractivity contribution < 1.29 is 9.90 Å². The molecule has 0 bridgehead atoms. The molecule has 0 saturated heterocycles. The first-order valence-corrected chi connectivity index (χ1v) is 6.67. The number of rotatable bonds is 4. The average Bonchev–Trinajstić information content (AvgIpc) is 2.85. The van der Waals surface area contributed by atoms with Gasteiger partial charge in [-0.1, -0.05) is 24.4 Å². The van der Waals surface area contributed by atoms with Gasteiger partial charge < -0.3 is 10.0 Å². The summed E-state index contributed by atoms with van der Waals surface area (Å²) in [4.78, 5) is 17.4. The van der Waals surface area contributed by atoms with Gasteiger partial charge in [-0.3, -0.25) is 0 Å². The molecule has 1 heterocycles. The highest BCUT2D eigenvalue weighted by Gasteiger charge is 2.23. The number of aromatic carboxylic acids is 1. The Morgan fingerprint density at radius 1 is 1.50 bits per heavy atom. The number of anilines is 1. The van der Waals surface area contributed by atoms with E-state index < -0.39 is 5.97 Å². The minimum absolute atomic E-state index is 0.0642. The van der Waals surface area contributed by atoms with Crippen LogP contribution < -0.4 is 4.90 Å². The van der Waals surface area contributed by atoms with Crippen molar-refractivity contribution in [2.24, 2.45) is 0 Å². The van der Waals surface area contributed by atoms with E-state index in [2.05, 4.69) is 16.8 Å². The molecule has 1 aromatic rings. The molecule has 1 aliphatic rings. The SMILES string of the molecule is CCN(c1ccc(Cl)c(C(=O)O)n1)C1CCCC1. The fourth-order valence-electron chi connectivity index (χ4n) is 2.56. The van der Waals surface area contributed by atoms with E-state index in [4.69, 9.17) is 16.7 Å². The van der Waals surface area contributed by atoms with E-state index in [1.165, 1.54) is 12.8 Å². The molecular weight excluding hydrogens is 252 g/mol. The van der Waals surface area contributed by atoms with Crippen LogP contribution in [0.15, 0.2) is 12.1 Å². The van der Waals surface area contributed by atoms with Crippen LogP contribution in [0.4, 0.5) is 5.82 Å². The number of carboxylic acids is 1. The minimum Gasteiger partial charge on any atom is -0.476 e. The number of carbonyl (C=O) groups is 1. The first-order chi connectivity index (χ1) is 8.63. The Morgan fingerprint density at radius 2 is 2.17 bits per heavy atom. The zero-order valence-electron chi connectivity index (χ0n) is 10.4. The van der Waals surface area contributed by atoms with E-state index in [-0.39, 0.29) is 10.7 Å². The third kappa shape index (κ3) is 2.58. The van der Waals surface area contributed by atoms with Crippen LogP contribution in [0, 0.1) is 0 Å². The molecule has 1 aliphatic carbocycles. The van der Waals surface area contributed by atoms with Crippen molar-refractivity contribution in [3.05, 3.63) is 22.8 Å². The van der Waals surface area contributed by atoms with Gasteiger partial charge in [-0.05, 0) is 31.9 Å². The maximum atomic E-state index is 11.0. The molecule has 0 unspecified atom stereocenters. The van der Waals surface area contributed by atoms with Gasteiger partial charge in [0.15, 0.2) is 5.69 Å². The third-order valence-electron chi connectivity index (χ3n) is 3.43. The number of halogens is 1. The van der Waals surface area contributed by atoms with Gasteiger partial charge in [0.05, 0.1) is 5.02 Å². The normalized spacial score (nSPS) is 15.9. The van der Waals surface area contributed by atoms with Gasteiger partial charge in [-0.25, -0.2) is 9.78 Å². The Kier molecular flexibility index (Phi) is 4.07. The number of hydrogen-bond donors (Lipinski definition) is 1. The predicted molar refractivity (Wildman–Crippen MR) is 71.5 cm³/mol. The summed E-state index contributed by atoms with van der Waals surface area (Å²) in [7, 11) is 0. The summed E-state index contributed by atoms with van der Waals surface area (Å²) < 4.78 is 0. The van der Waals surface area contributed by atoms with Crippen LogP contribution in [-0.2, 0) is 0 Å². The summed E-state index contributed by atoms with van der Waals surface area (Å²) >= 11 is 5.84. The fraction of sp³-hybridized carbons (Fsp3) is 0.538. The van der Waals surface area contributed by atoms with Crippen LogP contribution >= 0.6 is 11.6 Å². The summed E-state index contributed by atoms with van der Waals surface area (Å²) in [5.74, 6) is -0.365. The maximum Gasteiger partial charge on any atom is 0.356 e. The fourth-order valence-corrected chi connectivity index (χ4v) is 2.75. The highest BCUT2D eigenvalue weighted by Crippen LogP contribution is 2.28. The first kappa shape index (κ1) is 13.1. The van der Waals surface area contributed by atoms with Crippen molar-refractivity contribution in [1.82, 2.24) is 4.98 Å². The lowest BCUT2D eigenvalue weighted by molar-refractivity contribution is 0.0691. The standard InChI is InChI=1S/C13H17ClN2O2/c1-2-16(9-5-3-4-6-9)11-8-7-10(14)12(15-11)13(17)18/h7-9H,2-6H2,1H3,(H,17,18). The van der Waals surface area contributed by atoms with Crippen molar-refractivity contribution in [1.29, 1.82) is 0 Å². The van der Waals surface area contributed by atoms with Crippen molar-refractivity contribution in [2.45, 2.75) is 38.6 Å². The van der Waals surface area contributed by atoms with Crippen LogP contribution in [0.2, 0.25) is 5.02 Å². The molecule has 18 heavy (non-hydrogen) atoms. The molecule has 0 aromatic carbocycles. The molecule has 0 amide bonds. The van der Waals surface area contributed by atoms with E-state index in [0.717, 1.165) is 19.4 Å². The van der Waals surface area contributed by atoms with Crippen molar-refractivity contribution in [3.8, 4) is 0 Å². The maximum absolute atomic E-state index is 11.0. The third-order valence-corrected chi connectivity index (χ3v) is 3.74. The Balaban J connectivity index is 2.30. The topological polar surface area (TPSA) is 53.4 Å². The van der Waals surface area contributed by atoms with E-state index in [1.807, 2.05) is 0 Å². The number of hydrogen-bond acceptors (Lipinski definition) is 3. The van der Waals surface area contributed by atoms with Gasteiger partial charge in [-0.2, -0.15) is 0 Å². The summed E-state index contributed by atoms with van der Waals surface area (Å²) in [6.07, 6.45) is 4.78. The molecule has 4 nitrogen and oxygen atoms in total. The lowest BCUT2D eigenvalue weighted by atomic mass is 10.2. The van der Waals surface area contributed by atoms with Gasteiger partial charge in [0.2, 0.25) is 0 Å². The van der Waals surface area contributed by atoms with Gasteiger partial charge >= 0.3 is 5.97 Å². The van der Waals surface area contributed by atoms with Crippen LogP contribution in [0.5, 0.6) is 0 Å². The molecule has 0 aliphatic heterocycles. The molecule has 5 heteroatoms. The number of aromatic nitrogens is 1. The van der Waals surface area contributed by atoms with Crippen molar-refractivity contribution in [2.75, 3.05) is 11.4 Å². The number of carboxylic acid groups (broad SMARTS) is 1. The average molecular weight is 269 g/mol. The lowest BCUT2D eigenvalue weighted by Gasteiger charge is -2.29. The second kappa shape index (κ2) is 5.57. The highest BCUT2D eigenvalue weighted by atomic mass is 35.5. The molecular formula is C13H17ClN2O2. The van der Waals surface area contributed by atoms with Gasteiger partial charge in [0.25, 0.3) is 0 Å². The van der Waals surface area contributed by atoms with Crippen LogP contribution in [0.1, 0.15) is 43.1 Å². The molecule has 1 aromatic heterocycles. The Bertz CT molecular complexity index is 445. The van der Waals surface area contributed by atoms with Crippen molar-refractivity contribution in [3.63, 3.8) is 0 Å². The molecule has 2 rings (SSSR count). The monoisotopic (exact) mass is 268 g/mol. The summed E-state index contributed by atoms with van der Waals surface area (Å²) in [5, 5.41) is 9.23. The van der Waals surface area contributed by atoms with E-state index in [1.54, 1.807) is 12.1 Å². The Morgan fingerprint density at radius 3 is 2.72 bits per heavy atom. The van der Waals surface area contributed by atoms with Gasteiger partial charge in [-0.15, -0.1) is 0 Å². The first-order valence-electron chi connectivity index (χ1n) is 6.30. The zero-order chi connectivity index (χ0) is 13.1. The highest BCUT2D eigenvalue weighted by molar-refractivity contribution is 6.33. The molecule has 1 N–H and O–H groups in total. The molecule has 0 spiro atoms. The van der Waals surface area contributed by atoms with Crippen LogP contribution in [0.3, 0.4) is 0 Å². The summed E-state index contributed by atoms with van der Waals surface area (Å²) in [5.41, 5.74) is -0.0642. The van der Waals surface area contributed by atoms with Gasteiger partial charge in [0.1, 0.15) is 5.82 Å². The Labute approximate surface area is 112 Å². The predicted octanol–water partition coefficient (Wildman–Crippen LogP) is 3.20. The molecule has 0 radical (unpaired) electrons. The smallest absolute Gasteiger partial charge is 0.356 e. The molecule has 0 atom stereocenters. The van der Waals surface area contributed by atoms with E-state index in [0.29, 0.717) is 11.9 Å². The molecule has 1 saturated carbocycles. The second-order valence-electron chi connectivity index (χ2n) is 4.53. The van der Waals surface area contributed by atoms with Gasteiger partial charge in [0, 0.05) is 12.6 Å². The van der Waals surface area contributed by atoms with Crippen LogP contribution in [0.25, 0.3) is 0 Å². The summed E-state index contributed by atoms with van der Waals surface area (Å²) in [6, 6.07) is 3.90. The zero-order valence-corrected chi connectivity index (χ0v) is 11.2. The second-order valence-corrected chi connectivity index (χ2v) is 4.94. The van der Waals surface area contributed by atoms with E-state index in [9.17, 15) is 4.79 Å². The molecule has 1 fully saturated rings. The summed E-state index contributed by atoms with van der Waals surface area (Å²) in [6.45, 7) is 2.90. The largest absolute Gasteiger partial charge is 0.476 e. The number of pyridine rings is 1. The quantitative estimate of drug-likeness (QED) is 0.911.